The fourth-order valence-corrected chi connectivity index (χ4v) is 1.75. The number of carbonyl (C=O) groups is 1. The van der Waals surface area contributed by atoms with E-state index in [1.54, 1.807) is 26.2 Å². The smallest absolute Gasteiger partial charge is 0.296 e. The molecule has 8 nitrogen and oxygen atoms in total. The SMILES string of the molecule is CCOc1ccc(NC(=O)c2ccn(C)n2)c([N+](=O)[O-])c1. The number of nitro groups is 1. The zero-order valence-corrected chi connectivity index (χ0v) is 11.6. The minimum atomic E-state index is -0.573. The second kappa shape index (κ2) is 6.04. The molecule has 1 amide bonds. The molecule has 0 saturated heterocycles. The summed E-state index contributed by atoms with van der Waals surface area (Å²) in [4.78, 5) is 22.5. The highest BCUT2D eigenvalue weighted by Crippen LogP contribution is 2.29. The minimum Gasteiger partial charge on any atom is -0.494 e. The van der Waals surface area contributed by atoms with Crippen molar-refractivity contribution in [3.63, 3.8) is 0 Å². The Labute approximate surface area is 120 Å². The first-order valence-corrected chi connectivity index (χ1v) is 6.23. The number of benzene rings is 1. The molecule has 0 aliphatic carbocycles. The maximum Gasteiger partial charge on any atom is 0.296 e. The molecule has 0 saturated carbocycles. The number of aromatic nitrogens is 2. The maximum atomic E-state index is 12.0. The van der Waals surface area contributed by atoms with Crippen LogP contribution in [-0.2, 0) is 7.05 Å². The first kappa shape index (κ1) is 14.5. The van der Waals surface area contributed by atoms with Gasteiger partial charge in [0.25, 0.3) is 11.6 Å². The fraction of sp³-hybridized carbons (Fsp3) is 0.231. The van der Waals surface area contributed by atoms with E-state index in [0.717, 1.165) is 0 Å². The van der Waals surface area contributed by atoms with Crippen LogP contribution in [0.15, 0.2) is 30.5 Å². The third-order valence-electron chi connectivity index (χ3n) is 2.67. The van der Waals surface area contributed by atoms with E-state index in [0.29, 0.717) is 12.4 Å². The van der Waals surface area contributed by atoms with E-state index < -0.39 is 10.8 Å². The van der Waals surface area contributed by atoms with E-state index in [4.69, 9.17) is 4.74 Å². The van der Waals surface area contributed by atoms with Crippen molar-refractivity contribution in [2.24, 2.45) is 7.05 Å². The van der Waals surface area contributed by atoms with Crippen LogP contribution in [0, 0.1) is 10.1 Å². The summed E-state index contributed by atoms with van der Waals surface area (Å²) < 4.78 is 6.69. The van der Waals surface area contributed by atoms with Gasteiger partial charge in [0.15, 0.2) is 5.69 Å². The van der Waals surface area contributed by atoms with Crippen LogP contribution in [0.1, 0.15) is 17.4 Å². The minimum absolute atomic E-state index is 0.0964. The summed E-state index contributed by atoms with van der Waals surface area (Å²) >= 11 is 0. The number of carbonyl (C=O) groups excluding carboxylic acids is 1. The van der Waals surface area contributed by atoms with Gasteiger partial charge in [0, 0.05) is 13.2 Å². The van der Waals surface area contributed by atoms with Crippen LogP contribution in [-0.4, -0.2) is 27.2 Å². The molecule has 1 aromatic carbocycles. The molecular formula is C13H14N4O4. The average Bonchev–Trinajstić information content (AvgIpc) is 2.87. The number of nitro benzene ring substituents is 1. The van der Waals surface area contributed by atoms with Crippen LogP contribution in [0.2, 0.25) is 0 Å². The van der Waals surface area contributed by atoms with Crippen molar-refractivity contribution in [2.45, 2.75) is 6.92 Å². The van der Waals surface area contributed by atoms with Crippen molar-refractivity contribution in [3.8, 4) is 5.75 Å². The van der Waals surface area contributed by atoms with E-state index >= 15 is 0 Å². The molecule has 1 aromatic heterocycles. The predicted octanol–water partition coefficient (Wildman–Crippen LogP) is 1.98. The Kier molecular flexibility index (Phi) is 4.17. The summed E-state index contributed by atoms with van der Waals surface area (Å²) in [6.07, 6.45) is 1.61. The molecule has 0 atom stereocenters. The largest absolute Gasteiger partial charge is 0.494 e. The van der Waals surface area contributed by atoms with Crippen molar-refractivity contribution in [2.75, 3.05) is 11.9 Å². The van der Waals surface area contributed by atoms with Gasteiger partial charge in [0.2, 0.25) is 0 Å². The van der Waals surface area contributed by atoms with E-state index in [2.05, 4.69) is 10.4 Å². The Morgan fingerprint density at radius 3 is 2.81 bits per heavy atom. The summed E-state index contributed by atoms with van der Waals surface area (Å²) in [5.41, 5.74) is 0.0463. The number of ether oxygens (including phenoxy) is 1. The monoisotopic (exact) mass is 290 g/mol. The van der Waals surface area contributed by atoms with Crippen molar-refractivity contribution in [1.82, 2.24) is 9.78 Å². The Morgan fingerprint density at radius 2 is 2.24 bits per heavy atom. The lowest BCUT2D eigenvalue weighted by molar-refractivity contribution is -0.384. The van der Waals surface area contributed by atoms with Crippen molar-refractivity contribution in [1.29, 1.82) is 0 Å². The van der Waals surface area contributed by atoms with Gasteiger partial charge in [-0.1, -0.05) is 0 Å². The van der Waals surface area contributed by atoms with Gasteiger partial charge < -0.3 is 10.1 Å². The van der Waals surface area contributed by atoms with E-state index in [-0.39, 0.29) is 17.1 Å². The highest BCUT2D eigenvalue weighted by Gasteiger charge is 2.19. The van der Waals surface area contributed by atoms with Crippen LogP contribution >= 0.6 is 0 Å². The summed E-state index contributed by atoms with van der Waals surface area (Å²) in [6.45, 7) is 2.18. The van der Waals surface area contributed by atoms with Gasteiger partial charge in [-0.25, -0.2) is 0 Å². The highest BCUT2D eigenvalue weighted by atomic mass is 16.6. The predicted molar refractivity (Wildman–Crippen MR) is 75.4 cm³/mol. The van der Waals surface area contributed by atoms with Crippen molar-refractivity contribution < 1.29 is 14.5 Å². The van der Waals surface area contributed by atoms with Crippen molar-refractivity contribution >= 4 is 17.3 Å². The number of amides is 1. The van der Waals surface area contributed by atoms with Crippen LogP contribution in [0.4, 0.5) is 11.4 Å². The lowest BCUT2D eigenvalue weighted by atomic mass is 10.2. The molecule has 1 heterocycles. The van der Waals surface area contributed by atoms with Gasteiger partial charge in [-0.05, 0) is 25.1 Å². The number of aryl methyl sites for hydroxylation is 1. The molecule has 21 heavy (non-hydrogen) atoms. The second-order valence-corrected chi connectivity index (χ2v) is 4.20. The molecule has 0 bridgehead atoms. The first-order chi connectivity index (χ1) is 10.0. The molecule has 0 unspecified atom stereocenters. The molecule has 0 radical (unpaired) electrons. The van der Waals surface area contributed by atoms with Gasteiger partial charge in [-0.15, -0.1) is 0 Å². The quantitative estimate of drug-likeness (QED) is 0.670. The Bertz CT molecular complexity index is 681. The lowest BCUT2D eigenvalue weighted by Crippen LogP contribution is -2.14. The molecule has 2 rings (SSSR count). The van der Waals surface area contributed by atoms with Gasteiger partial charge in [-0.2, -0.15) is 5.10 Å². The summed E-state index contributed by atoms with van der Waals surface area (Å²) in [7, 11) is 1.68. The lowest BCUT2D eigenvalue weighted by Gasteiger charge is -2.07. The van der Waals surface area contributed by atoms with Crippen molar-refractivity contribution in [3.05, 3.63) is 46.3 Å². The average molecular weight is 290 g/mol. The Balaban J connectivity index is 2.26. The zero-order valence-electron chi connectivity index (χ0n) is 11.6. The number of rotatable bonds is 5. The van der Waals surface area contributed by atoms with Crippen LogP contribution in [0.5, 0.6) is 5.75 Å². The van der Waals surface area contributed by atoms with Crippen LogP contribution in [0.3, 0.4) is 0 Å². The van der Waals surface area contributed by atoms with Gasteiger partial charge >= 0.3 is 0 Å². The molecule has 0 aliphatic rings. The first-order valence-electron chi connectivity index (χ1n) is 6.23. The molecule has 110 valence electrons. The molecule has 0 aliphatic heterocycles. The van der Waals surface area contributed by atoms with Gasteiger partial charge in [-0.3, -0.25) is 19.6 Å². The zero-order chi connectivity index (χ0) is 15.4. The molecule has 8 heteroatoms. The third kappa shape index (κ3) is 3.35. The Morgan fingerprint density at radius 1 is 1.48 bits per heavy atom. The Hall–Kier alpha value is -2.90. The summed E-state index contributed by atoms with van der Waals surface area (Å²) in [6, 6.07) is 5.79. The van der Waals surface area contributed by atoms with Gasteiger partial charge in [0.1, 0.15) is 11.4 Å². The van der Waals surface area contributed by atoms with Gasteiger partial charge in [0.05, 0.1) is 17.6 Å². The molecule has 0 fully saturated rings. The van der Waals surface area contributed by atoms with Crippen LogP contribution < -0.4 is 10.1 Å². The normalized spacial score (nSPS) is 10.2. The topological polar surface area (TPSA) is 99.3 Å². The van der Waals surface area contributed by atoms with E-state index in [9.17, 15) is 14.9 Å². The summed E-state index contributed by atoms with van der Waals surface area (Å²) in [5, 5.41) is 17.5. The summed E-state index contributed by atoms with van der Waals surface area (Å²) in [5.74, 6) is -0.136. The molecule has 1 N–H and O–H groups in total. The number of hydrogen-bond donors (Lipinski definition) is 1. The third-order valence-corrected chi connectivity index (χ3v) is 2.67. The number of hydrogen-bond acceptors (Lipinski definition) is 5. The standard InChI is InChI=1S/C13H14N4O4/c1-3-21-9-4-5-10(12(8-9)17(19)20)14-13(18)11-6-7-16(2)15-11/h4-8H,3H2,1-2H3,(H,14,18). The van der Waals surface area contributed by atoms with E-state index in [1.165, 1.54) is 22.9 Å². The number of nitrogens with one attached hydrogen (secondary N) is 1. The molecular weight excluding hydrogens is 276 g/mol. The van der Waals surface area contributed by atoms with Crippen LogP contribution in [0.25, 0.3) is 0 Å². The maximum absolute atomic E-state index is 12.0. The number of nitrogens with zero attached hydrogens (tertiary/aromatic N) is 3. The molecule has 2 aromatic rings. The second-order valence-electron chi connectivity index (χ2n) is 4.20. The number of anilines is 1. The van der Waals surface area contributed by atoms with E-state index in [1.807, 2.05) is 0 Å². The molecule has 0 spiro atoms. The highest BCUT2D eigenvalue weighted by molar-refractivity contribution is 6.04. The fourth-order valence-electron chi connectivity index (χ4n) is 1.75.